The molecule has 0 aromatic carbocycles. The van der Waals surface area contributed by atoms with E-state index in [1.807, 2.05) is 6.07 Å². The summed E-state index contributed by atoms with van der Waals surface area (Å²) in [5.41, 5.74) is 0. The van der Waals surface area contributed by atoms with Crippen LogP contribution in [-0.2, 0) is 0 Å². The minimum absolute atomic E-state index is 0.415. The summed E-state index contributed by atoms with van der Waals surface area (Å²) in [5, 5.41) is 7.83. The highest BCUT2D eigenvalue weighted by Crippen LogP contribution is 2.16. The van der Waals surface area contributed by atoms with Crippen LogP contribution in [0.4, 0.5) is 0 Å². The fraction of sp³-hybridized carbons (Fsp3) is 0. The molecule has 0 saturated carbocycles. The number of hydrogen-bond donors (Lipinski definition) is 0. The second-order valence-electron chi connectivity index (χ2n) is 1.55. The minimum Gasteiger partial charge on any atom is -0.275 e. The van der Waals surface area contributed by atoms with Crippen LogP contribution < -0.4 is 0 Å². The van der Waals surface area contributed by atoms with E-state index in [-0.39, 0.29) is 0 Å². The van der Waals surface area contributed by atoms with Gasteiger partial charge >= 0.3 is 0 Å². The number of thiophene rings is 1. The van der Waals surface area contributed by atoms with E-state index in [9.17, 15) is 4.79 Å². The molecule has 0 spiro atoms. The molecule has 0 aliphatic heterocycles. The van der Waals surface area contributed by atoms with Crippen LogP contribution in [0, 0.1) is 11.3 Å². The van der Waals surface area contributed by atoms with Crippen LogP contribution in [0.15, 0.2) is 12.1 Å². The van der Waals surface area contributed by atoms with Gasteiger partial charge in [0.1, 0.15) is 10.9 Å². The average Bonchev–Trinajstić information content (AvgIpc) is 2.34. The minimum atomic E-state index is -0.508. The van der Waals surface area contributed by atoms with Gasteiger partial charge in [0.2, 0.25) is 0 Å². The summed E-state index contributed by atoms with van der Waals surface area (Å²) in [6.45, 7) is 0. The van der Waals surface area contributed by atoms with Crippen molar-refractivity contribution in [2.75, 3.05) is 0 Å². The molecule has 2 nitrogen and oxygen atoms in total. The Kier molecular flexibility index (Phi) is 2.05. The molecule has 1 aromatic heterocycles. The van der Waals surface area contributed by atoms with Crippen LogP contribution >= 0.6 is 22.9 Å². The first-order chi connectivity index (χ1) is 4.74. The number of nitriles is 1. The van der Waals surface area contributed by atoms with Crippen molar-refractivity contribution < 1.29 is 4.79 Å². The van der Waals surface area contributed by atoms with Gasteiger partial charge in [-0.05, 0) is 23.7 Å². The molecule has 0 saturated heterocycles. The molecule has 1 aromatic rings. The van der Waals surface area contributed by atoms with Crippen LogP contribution in [0.1, 0.15) is 14.5 Å². The Morgan fingerprint density at radius 1 is 1.70 bits per heavy atom. The largest absolute Gasteiger partial charge is 0.275 e. The van der Waals surface area contributed by atoms with Gasteiger partial charge in [0, 0.05) is 0 Å². The molecule has 10 heavy (non-hydrogen) atoms. The second kappa shape index (κ2) is 2.82. The third-order valence-corrected chi connectivity index (χ3v) is 2.21. The quantitative estimate of drug-likeness (QED) is 0.607. The maximum absolute atomic E-state index is 10.4. The zero-order valence-electron chi connectivity index (χ0n) is 4.80. The molecule has 0 N–H and O–H groups in total. The summed E-state index contributed by atoms with van der Waals surface area (Å²) in [5.74, 6) is 0. The Hall–Kier alpha value is -0.850. The van der Waals surface area contributed by atoms with Crippen molar-refractivity contribution in [1.82, 2.24) is 0 Å². The maximum atomic E-state index is 10.4. The third-order valence-electron chi connectivity index (χ3n) is 0.910. The van der Waals surface area contributed by atoms with E-state index >= 15 is 0 Å². The molecule has 1 heterocycles. The van der Waals surface area contributed by atoms with Gasteiger partial charge in [-0.3, -0.25) is 4.79 Å². The molecule has 0 amide bonds. The van der Waals surface area contributed by atoms with Gasteiger partial charge in [0.15, 0.2) is 0 Å². The van der Waals surface area contributed by atoms with Crippen LogP contribution in [0.25, 0.3) is 0 Å². The van der Waals surface area contributed by atoms with Gasteiger partial charge < -0.3 is 0 Å². The lowest BCUT2D eigenvalue weighted by Gasteiger charge is -1.77. The van der Waals surface area contributed by atoms with Gasteiger partial charge in [-0.15, -0.1) is 11.3 Å². The summed E-state index contributed by atoms with van der Waals surface area (Å²) in [6, 6.07) is 5.02. The van der Waals surface area contributed by atoms with Crippen molar-refractivity contribution in [3.05, 3.63) is 21.9 Å². The molecule has 4 heteroatoms. The summed E-state index contributed by atoms with van der Waals surface area (Å²) in [4.78, 5) is 11.4. The van der Waals surface area contributed by atoms with E-state index in [4.69, 9.17) is 16.9 Å². The molecule has 0 aliphatic rings. The molecule has 0 aliphatic carbocycles. The topological polar surface area (TPSA) is 40.9 Å². The second-order valence-corrected chi connectivity index (χ2v) is 2.98. The molecule has 0 radical (unpaired) electrons. The summed E-state index contributed by atoms with van der Waals surface area (Å²) < 4.78 is 0. The highest BCUT2D eigenvalue weighted by molar-refractivity contribution is 7.16. The molecule has 0 atom stereocenters. The van der Waals surface area contributed by atoms with Crippen molar-refractivity contribution in [3.63, 3.8) is 0 Å². The number of carbonyl (C=O) groups is 1. The molecule has 0 bridgehead atoms. The van der Waals surface area contributed by atoms with Crippen molar-refractivity contribution in [1.29, 1.82) is 5.26 Å². The van der Waals surface area contributed by atoms with Gasteiger partial charge in [-0.1, -0.05) is 0 Å². The van der Waals surface area contributed by atoms with Crippen LogP contribution in [-0.4, -0.2) is 5.24 Å². The Balaban J connectivity index is 3.02. The normalized spacial score (nSPS) is 8.80. The van der Waals surface area contributed by atoms with Gasteiger partial charge in [0.05, 0.1) is 4.88 Å². The van der Waals surface area contributed by atoms with Crippen molar-refractivity contribution in [2.24, 2.45) is 0 Å². The first kappa shape index (κ1) is 7.26. The van der Waals surface area contributed by atoms with E-state index in [2.05, 4.69) is 0 Å². The molecule has 0 unspecified atom stereocenters. The molecular weight excluding hydrogens is 170 g/mol. The van der Waals surface area contributed by atoms with Crippen LogP contribution in [0.5, 0.6) is 0 Å². The fourth-order valence-corrected chi connectivity index (χ4v) is 1.32. The predicted octanol–water partition coefficient (Wildman–Crippen LogP) is 2.00. The number of carbonyl (C=O) groups excluding carboxylic acids is 1. The van der Waals surface area contributed by atoms with Crippen molar-refractivity contribution in [3.8, 4) is 6.07 Å². The Morgan fingerprint density at radius 3 is 2.70 bits per heavy atom. The summed E-state index contributed by atoms with van der Waals surface area (Å²) in [7, 11) is 0. The lowest BCUT2D eigenvalue weighted by atomic mass is 10.4. The van der Waals surface area contributed by atoms with E-state index in [1.54, 1.807) is 12.1 Å². The molecule has 1 rings (SSSR count). The van der Waals surface area contributed by atoms with E-state index in [1.165, 1.54) is 0 Å². The standard InChI is InChI=1S/C6H2ClNOS/c7-6(9)5-2-1-4(3-8)10-5/h1-2H. The SMILES string of the molecule is N#Cc1ccc(C(=O)Cl)s1. The van der Waals surface area contributed by atoms with Crippen LogP contribution in [0.2, 0.25) is 0 Å². The first-order valence-corrected chi connectivity index (χ1v) is 3.63. The number of nitrogens with zero attached hydrogens (tertiary/aromatic N) is 1. The smallest absolute Gasteiger partial charge is 0.262 e. The zero-order chi connectivity index (χ0) is 7.56. The highest BCUT2D eigenvalue weighted by Gasteiger charge is 2.04. The Labute approximate surface area is 66.7 Å². The molecule has 0 fully saturated rings. The van der Waals surface area contributed by atoms with E-state index in [0.29, 0.717) is 9.75 Å². The number of hydrogen-bond acceptors (Lipinski definition) is 3. The van der Waals surface area contributed by atoms with E-state index in [0.717, 1.165) is 11.3 Å². The Bertz CT molecular complexity index is 299. The average molecular weight is 172 g/mol. The lowest BCUT2D eigenvalue weighted by molar-refractivity contribution is 0.108. The van der Waals surface area contributed by atoms with Crippen molar-refractivity contribution in [2.45, 2.75) is 0 Å². The van der Waals surface area contributed by atoms with Crippen LogP contribution in [0.3, 0.4) is 0 Å². The predicted molar refractivity (Wildman–Crippen MR) is 39.2 cm³/mol. The monoisotopic (exact) mass is 171 g/mol. The summed E-state index contributed by atoms with van der Waals surface area (Å²) in [6.07, 6.45) is 0. The van der Waals surface area contributed by atoms with Gasteiger partial charge in [0.25, 0.3) is 5.24 Å². The third kappa shape index (κ3) is 1.35. The van der Waals surface area contributed by atoms with Gasteiger partial charge in [-0.2, -0.15) is 5.26 Å². The molecular formula is C6H2ClNOS. The lowest BCUT2D eigenvalue weighted by Crippen LogP contribution is -1.78. The molecule has 50 valence electrons. The first-order valence-electron chi connectivity index (χ1n) is 2.44. The number of halogens is 1. The van der Waals surface area contributed by atoms with E-state index < -0.39 is 5.24 Å². The van der Waals surface area contributed by atoms with Gasteiger partial charge in [-0.25, -0.2) is 0 Å². The zero-order valence-corrected chi connectivity index (χ0v) is 6.37. The maximum Gasteiger partial charge on any atom is 0.262 e. The highest BCUT2D eigenvalue weighted by atomic mass is 35.5. The van der Waals surface area contributed by atoms with Crippen molar-refractivity contribution >= 4 is 28.2 Å². The number of rotatable bonds is 1. The Morgan fingerprint density at radius 2 is 2.40 bits per heavy atom. The summed E-state index contributed by atoms with van der Waals surface area (Å²) >= 11 is 6.23. The fourth-order valence-electron chi connectivity index (χ4n) is 0.504.